The molecule has 1 aliphatic heterocycles. The van der Waals surface area contributed by atoms with Crippen LogP contribution in [-0.2, 0) is 0 Å². The second-order valence-corrected chi connectivity index (χ2v) is 3.09. The van der Waals surface area contributed by atoms with Crippen molar-refractivity contribution < 1.29 is 0 Å². The van der Waals surface area contributed by atoms with Crippen LogP contribution in [0.3, 0.4) is 0 Å². The van der Waals surface area contributed by atoms with Crippen LogP contribution in [0.1, 0.15) is 25.7 Å². The van der Waals surface area contributed by atoms with Crippen molar-refractivity contribution in [2.75, 3.05) is 6.54 Å². The third kappa shape index (κ3) is 1.42. The van der Waals surface area contributed by atoms with Gasteiger partial charge in [-0.25, -0.2) is 0 Å². The van der Waals surface area contributed by atoms with Gasteiger partial charge in [0.15, 0.2) is 0 Å². The molecule has 0 bridgehead atoms. The van der Waals surface area contributed by atoms with Gasteiger partial charge in [0, 0.05) is 12.3 Å². The number of nitrogens with zero attached hydrogens (tertiary/aromatic N) is 1. The third-order valence-corrected chi connectivity index (χ3v) is 2.26. The molecule has 0 amide bonds. The first-order valence-corrected chi connectivity index (χ1v) is 4.36. The molecule has 0 aromatic heterocycles. The Hall–Kier alpha value is -0.850. The van der Waals surface area contributed by atoms with E-state index in [1.807, 2.05) is 0 Å². The van der Waals surface area contributed by atoms with Gasteiger partial charge >= 0.3 is 0 Å². The fourth-order valence-corrected chi connectivity index (χ4v) is 1.65. The summed E-state index contributed by atoms with van der Waals surface area (Å²) >= 11 is 0. The molecular weight excluding hydrogens is 134 g/mol. The molecule has 0 saturated carbocycles. The molecule has 1 nitrogen and oxygen atoms in total. The molecule has 0 radical (unpaired) electrons. The van der Waals surface area contributed by atoms with Gasteiger partial charge in [0.1, 0.15) is 0 Å². The first-order chi connectivity index (χ1) is 5.47. The maximum absolute atomic E-state index is 4.52. The number of fused-ring (bicyclic) bond motifs is 1. The predicted octanol–water partition coefficient (Wildman–Crippen LogP) is 2.50. The van der Waals surface area contributed by atoms with E-state index in [4.69, 9.17) is 0 Å². The molecule has 0 spiro atoms. The smallest absolute Gasteiger partial charge is 0.0395 e. The van der Waals surface area contributed by atoms with E-state index in [0.29, 0.717) is 0 Å². The largest absolute Gasteiger partial charge is 0.289 e. The Kier molecular flexibility index (Phi) is 1.89. The zero-order valence-corrected chi connectivity index (χ0v) is 6.71. The number of hydrogen-bond acceptors (Lipinski definition) is 1. The van der Waals surface area contributed by atoms with E-state index in [0.717, 1.165) is 13.0 Å². The second kappa shape index (κ2) is 3.04. The molecule has 0 atom stereocenters. The van der Waals surface area contributed by atoms with Crippen LogP contribution >= 0.6 is 0 Å². The average molecular weight is 147 g/mol. The van der Waals surface area contributed by atoms with Crippen LogP contribution in [0.15, 0.2) is 28.8 Å². The SMILES string of the molecule is C1=CCCC2=NCCCC2=C1. The average Bonchev–Trinajstić information content (AvgIpc) is 2.28. The molecule has 0 aromatic rings. The van der Waals surface area contributed by atoms with Gasteiger partial charge in [-0.15, -0.1) is 0 Å². The normalized spacial score (nSPS) is 23.3. The Morgan fingerprint density at radius 3 is 3.27 bits per heavy atom. The Morgan fingerprint density at radius 1 is 1.27 bits per heavy atom. The van der Waals surface area contributed by atoms with Crippen molar-refractivity contribution in [3.8, 4) is 0 Å². The third-order valence-electron chi connectivity index (χ3n) is 2.26. The first kappa shape index (κ1) is 6.84. The van der Waals surface area contributed by atoms with Gasteiger partial charge in [-0.2, -0.15) is 0 Å². The summed E-state index contributed by atoms with van der Waals surface area (Å²) in [5, 5.41) is 0. The van der Waals surface area contributed by atoms with Gasteiger partial charge in [0.05, 0.1) is 0 Å². The van der Waals surface area contributed by atoms with Crippen molar-refractivity contribution in [3.05, 3.63) is 23.8 Å². The Labute approximate surface area is 67.5 Å². The summed E-state index contributed by atoms with van der Waals surface area (Å²) in [5.41, 5.74) is 2.84. The summed E-state index contributed by atoms with van der Waals surface area (Å²) in [5.74, 6) is 0. The summed E-state index contributed by atoms with van der Waals surface area (Å²) in [4.78, 5) is 4.52. The van der Waals surface area contributed by atoms with Gasteiger partial charge in [-0.1, -0.05) is 18.2 Å². The minimum Gasteiger partial charge on any atom is -0.289 e. The zero-order chi connectivity index (χ0) is 7.52. The lowest BCUT2D eigenvalue weighted by Crippen LogP contribution is -2.08. The van der Waals surface area contributed by atoms with E-state index >= 15 is 0 Å². The van der Waals surface area contributed by atoms with Crippen LogP contribution in [0.25, 0.3) is 0 Å². The number of allylic oxidation sites excluding steroid dienone is 4. The summed E-state index contributed by atoms with van der Waals surface area (Å²) in [6, 6.07) is 0. The second-order valence-electron chi connectivity index (χ2n) is 3.09. The Balaban J connectivity index is 2.27. The minimum absolute atomic E-state index is 1.05. The van der Waals surface area contributed by atoms with Gasteiger partial charge < -0.3 is 0 Å². The van der Waals surface area contributed by atoms with E-state index in [-0.39, 0.29) is 0 Å². The molecule has 0 saturated heterocycles. The molecule has 0 unspecified atom stereocenters. The molecule has 0 aromatic carbocycles. The fraction of sp³-hybridized carbons (Fsp3) is 0.500. The monoisotopic (exact) mass is 147 g/mol. The van der Waals surface area contributed by atoms with Gasteiger partial charge in [-0.3, -0.25) is 4.99 Å². The van der Waals surface area contributed by atoms with E-state index in [1.165, 1.54) is 30.5 Å². The van der Waals surface area contributed by atoms with Crippen LogP contribution < -0.4 is 0 Å². The van der Waals surface area contributed by atoms with Gasteiger partial charge in [-0.05, 0) is 31.3 Å². The zero-order valence-electron chi connectivity index (χ0n) is 6.71. The van der Waals surface area contributed by atoms with Crippen molar-refractivity contribution in [1.82, 2.24) is 0 Å². The van der Waals surface area contributed by atoms with E-state index in [9.17, 15) is 0 Å². The molecule has 11 heavy (non-hydrogen) atoms. The van der Waals surface area contributed by atoms with Crippen LogP contribution in [0.5, 0.6) is 0 Å². The Morgan fingerprint density at radius 2 is 2.27 bits per heavy atom. The van der Waals surface area contributed by atoms with E-state index in [1.54, 1.807) is 0 Å². The summed E-state index contributed by atoms with van der Waals surface area (Å²) in [7, 11) is 0. The van der Waals surface area contributed by atoms with Crippen LogP contribution in [0.4, 0.5) is 0 Å². The molecular formula is C10H13N. The Bertz CT molecular complexity index is 233. The highest BCUT2D eigenvalue weighted by Gasteiger charge is 2.11. The van der Waals surface area contributed by atoms with E-state index in [2.05, 4.69) is 23.2 Å². The standard InChI is InChI=1S/C10H13N/c1-2-5-9-6-4-8-11-10(9)7-3-1/h1-2,5H,3-4,6-8H2. The fourth-order valence-electron chi connectivity index (χ4n) is 1.65. The van der Waals surface area contributed by atoms with Gasteiger partial charge in [0.2, 0.25) is 0 Å². The van der Waals surface area contributed by atoms with Crippen molar-refractivity contribution in [3.63, 3.8) is 0 Å². The van der Waals surface area contributed by atoms with E-state index < -0.39 is 0 Å². The summed E-state index contributed by atoms with van der Waals surface area (Å²) < 4.78 is 0. The molecule has 1 heterocycles. The van der Waals surface area contributed by atoms with Crippen molar-refractivity contribution in [2.24, 2.45) is 4.99 Å². The van der Waals surface area contributed by atoms with Crippen molar-refractivity contribution in [2.45, 2.75) is 25.7 Å². The molecule has 2 rings (SSSR count). The van der Waals surface area contributed by atoms with Crippen LogP contribution in [0, 0.1) is 0 Å². The van der Waals surface area contributed by atoms with Crippen LogP contribution in [0.2, 0.25) is 0 Å². The minimum atomic E-state index is 1.05. The molecule has 0 N–H and O–H groups in total. The molecule has 1 aliphatic carbocycles. The highest BCUT2D eigenvalue weighted by Crippen LogP contribution is 2.19. The quantitative estimate of drug-likeness (QED) is 0.499. The number of rotatable bonds is 0. The maximum Gasteiger partial charge on any atom is 0.0395 e. The molecule has 0 fully saturated rings. The topological polar surface area (TPSA) is 12.4 Å². The molecule has 1 heteroatoms. The maximum atomic E-state index is 4.52. The van der Waals surface area contributed by atoms with Crippen molar-refractivity contribution >= 4 is 5.71 Å². The molecule has 58 valence electrons. The highest BCUT2D eigenvalue weighted by molar-refractivity contribution is 6.01. The summed E-state index contributed by atoms with van der Waals surface area (Å²) in [6.45, 7) is 1.05. The number of hydrogen-bond donors (Lipinski definition) is 0. The number of aliphatic imine (C=N–C) groups is 1. The lowest BCUT2D eigenvalue weighted by atomic mass is 10.00. The van der Waals surface area contributed by atoms with Gasteiger partial charge in [0.25, 0.3) is 0 Å². The van der Waals surface area contributed by atoms with Crippen molar-refractivity contribution in [1.29, 1.82) is 0 Å². The highest BCUT2D eigenvalue weighted by atomic mass is 14.7. The molecule has 2 aliphatic rings. The lowest BCUT2D eigenvalue weighted by molar-refractivity contribution is 0.804. The predicted molar refractivity (Wildman–Crippen MR) is 48.0 cm³/mol. The lowest BCUT2D eigenvalue weighted by Gasteiger charge is -2.13. The van der Waals surface area contributed by atoms with Crippen LogP contribution in [-0.4, -0.2) is 12.3 Å². The first-order valence-electron chi connectivity index (χ1n) is 4.36. The summed E-state index contributed by atoms with van der Waals surface area (Å²) in [6.07, 6.45) is 11.4.